The maximum Gasteiger partial charge on any atom is 0.494 e. The molecular weight excluding hydrogens is 934 g/mol. The number of fused-ring (bicyclic) bond motifs is 6. The number of hydrogen-bond donors (Lipinski definition) is 0. The molecule has 2 fully saturated rings. The second-order valence-corrected chi connectivity index (χ2v) is 21.2. The van der Waals surface area contributed by atoms with Crippen LogP contribution in [0, 0.1) is 0 Å². The lowest BCUT2D eigenvalue weighted by Crippen LogP contribution is -2.41. The highest BCUT2D eigenvalue weighted by Crippen LogP contribution is 2.60. The molecule has 54 heavy (non-hydrogen) atoms. The van der Waals surface area contributed by atoms with Crippen molar-refractivity contribution in [1.82, 2.24) is 0 Å². The largest absolute Gasteiger partial charge is 0.494 e. The zero-order chi connectivity index (χ0) is 38.9. The number of halogens is 4. The topological polar surface area (TPSA) is 36.9 Å². The number of benzene rings is 3. The molecule has 0 radical (unpaired) electrons. The Hall–Kier alpha value is -0.450. The third kappa shape index (κ3) is 6.76. The van der Waals surface area contributed by atoms with Gasteiger partial charge in [0, 0.05) is 32.2 Å². The maximum absolute atomic E-state index is 6.63. The van der Waals surface area contributed by atoms with Gasteiger partial charge in [-0.3, -0.25) is 0 Å². The molecule has 3 aromatic rings. The lowest BCUT2D eigenvalue weighted by molar-refractivity contribution is 0.00578. The van der Waals surface area contributed by atoms with Crippen molar-refractivity contribution in [2.24, 2.45) is 0 Å². The van der Waals surface area contributed by atoms with Crippen LogP contribution < -0.4 is 10.9 Å². The molecule has 2 heterocycles. The molecule has 0 bridgehead atoms. The summed E-state index contributed by atoms with van der Waals surface area (Å²) in [5, 5.41) is 3.90. The molecule has 0 aromatic heterocycles. The number of hydrogen-bond acceptors (Lipinski definition) is 4. The van der Waals surface area contributed by atoms with Crippen molar-refractivity contribution in [3.63, 3.8) is 0 Å². The molecule has 10 heteroatoms. The summed E-state index contributed by atoms with van der Waals surface area (Å²) in [7, 11) is -0.796. The van der Waals surface area contributed by atoms with Crippen LogP contribution >= 0.6 is 63.7 Å². The van der Waals surface area contributed by atoms with Gasteiger partial charge in [-0.25, -0.2) is 0 Å². The first-order valence-corrected chi connectivity index (χ1v) is 24.4. The highest BCUT2D eigenvalue weighted by atomic mass is 79.9. The lowest BCUT2D eigenvalue weighted by atomic mass is 9.68. The van der Waals surface area contributed by atoms with Gasteiger partial charge in [0.2, 0.25) is 0 Å². The summed E-state index contributed by atoms with van der Waals surface area (Å²) < 4.78 is 26.5. The minimum Gasteiger partial charge on any atom is -0.399 e. The number of alkyl halides is 4. The molecule has 4 nitrogen and oxygen atoms in total. The Labute approximate surface area is 359 Å². The van der Waals surface area contributed by atoms with E-state index in [-0.39, 0.29) is 10.8 Å². The summed E-state index contributed by atoms with van der Waals surface area (Å²) in [6.07, 6.45) is 8.65. The maximum atomic E-state index is 6.63. The quantitative estimate of drug-likeness (QED) is 0.119. The molecular formula is C44H56B2Br4O4. The van der Waals surface area contributed by atoms with Crippen LogP contribution in [0.15, 0.2) is 48.5 Å². The third-order valence-electron chi connectivity index (χ3n) is 13.9. The van der Waals surface area contributed by atoms with Gasteiger partial charge in [-0.1, -0.05) is 100 Å². The third-order valence-corrected chi connectivity index (χ3v) is 16.1. The van der Waals surface area contributed by atoms with Crippen LogP contribution in [0.2, 0.25) is 0 Å². The molecule has 0 unspecified atom stereocenters. The van der Waals surface area contributed by atoms with Crippen LogP contribution in [0.25, 0.3) is 22.3 Å². The Kier molecular flexibility index (Phi) is 11.8. The Bertz CT molecular complexity index is 1710. The summed E-state index contributed by atoms with van der Waals surface area (Å²) in [5.41, 5.74) is 11.7. The molecule has 0 amide bonds. The highest BCUT2D eigenvalue weighted by molar-refractivity contribution is 9.09. The fraction of sp³-hybridized carbons (Fsp3) is 0.591. The zero-order valence-electron chi connectivity index (χ0n) is 33.4. The van der Waals surface area contributed by atoms with Crippen molar-refractivity contribution in [2.45, 2.75) is 140 Å². The molecule has 0 N–H and O–H groups in total. The average Bonchev–Trinajstić information content (AvgIpc) is 3.72. The molecule has 0 atom stereocenters. The van der Waals surface area contributed by atoms with Gasteiger partial charge in [0.15, 0.2) is 0 Å². The summed E-state index contributed by atoms with van der Waals surface area (Å²) in [4.78, 5) is 0. The fourth-order valence-corrected chi connectivity index (χ4v) is 10.7. The van der Waals surface area contributed by atoms with E-state index in [1.807, 2.05) is 0 Å². The molecule has 0 spiro atoms. The zero-order valence-corrected chi connectivity index (χ0v) is 39.7. The van der Waals surface area contributed by atoms with Crippen LogP contribution in [0.1, 0.15) is 129 Å². The molecule has 4 aliphatic rings. The monoisotopic (exact) mass is 986 g/mol. The van der Waals surface area contributed by atoms with Gasteiger partial charge in [-0.05, 0) is 174 Å². The van der Waals surface area contributed by atoms with Crippen LogP contribution in [0.4, 0.5) is 0 Å². The van der Waals surface area contributed by atoms with Crippen LogP contribution in [0.5, 0.6) is 0 Å². The number of rotatable bonds is 14. The summed E-state index contributed by atoms with van der Waals surface area (Å²) in [6, 6.07) is 19.4. The summed E-state index contributed by atoms with van der Waals surface area (Å²) in [5.74, 6) is 0. The predicted molar refractivity (Wildman–Crippen MR) is 242 cm³/mol. The van der Waals surface area contributed by atoms with Gasteiger partial charge < -0.3 is 18.6 Å². The van der Waals surface area contributed by atoms with Crippen molar-refractivity contribution >= 4 is 88.9 Å². The van der Waals surface area contributed by atoms with E-state index in [4.69, 9.17) is 18.6 Å². The molecule has 2 aliphatic heterocycles. The van der Waals surface area contributed by atoms with Gasteiger partial charge in [0.1, 0.15) is 0 Å². The Morgan fingerprint density at radius 3 is 0.963 bits per heavy atom. The minimum atomic E-state index is -0.398. The molecule has 290 valence electrons. The van der Waals surface area contributed by atoms with Crippen LogP contribution in [-0.2, 0) is 29.4 Å². The normalized spacial score (nSPS) is 21.6. The van der Waals surface area contributed by atoms with Crippen molar-refractivity contribution in [3.05, 3.63) is 70.8 Å². The standard InChI is InChI=1S/C44H56B2Br4O4/c1-39(2)40(3,4)52-45(51-39)29-13-15-31-33-27-38-34(28-37(33)43(17-9-21-47,18-10-22-48)35(31)25-29)32-16-14-30(46-53-41(5,6)42(7,8)54-46)26-36(32)44(38,19-11-23-49)20-12-24-50/h13-16,25-28H,9-12,17-24H2,1-8H3. The van der Waals surface area contributed by atoms with Crippen molar-refractivity contribution in [2.75, 3.05) is 21.3 Å². The summed E-state index contributed by atoms with van der Waals surface area (Å²) in [6.45, 7) is 17.1. The van der Waals surface area contributed by atoms with E-state index in [1.165, 1.54) is 44.5 Å². The van der Waals surface area contributed by atoms with Crippen molar-refractivity contribution in [1.29, 1.82) is 0 Å². The molecule has 2 aliphatic carbocycles. The lowest BCUT2D eigenvalue weighted by Gasteiger charge is -2.34. The predicted octanol–water partition coefficient (Wildman–Crippen LogP) is 11.5. The van der Waals surface area contributed by atoms with E-state index >= 15 is 0 Å². The van der Waals surface area contributed by atoms with Gasteiger partial charge in [0.05, 0.1) is 22.4 Å². The minimum absolute atomic E-state index is 0.124. The Morgan fingerprint density at radius 2 is 0.685 bits per heavy atom. The van der Waals surface area contributed by atoms with E-state index in [0.717, 1.165) is 83.6 Å². The van der Waals surface area contributed by atoms with E-state index in [9.17, 15) is 0 Å². The van der Waals surface area contributed by atoms with Gasteiger partial charge in [-0.2, -0.15) is 0 Å². The van der Waals surface area contributed by atoms with Crippen molar-refractivity contribution in [3.8, 4) is 22.3 Å². The van der Waals surface area contributed by atoms with E-state index < -0.39 is 36.6 Å². The van der Waals surface area contributed by atoms with Crippen LogP contribution in [0.3, 0.4) is 0 Å². The molecule has 0 saturated carbocycles. The summed E-state index contributed by atoms with van der Waals surface area (Å²) >= 11 is 15.3. The van der Waals surface area contributed by atoms with Gasteiger partial charge in [0.25, 0.3) is 0 Å². The first kappa shape index (κ1) is 41.7. The molecule has 3 aromatic carbocycles. The second kappa shape index (κ2) is 15.3. The Balaban J connectivity index is 1.43. The average molecular weight is 990 g/mol. The first-order chi connectivity index (χ1) is 25.5. The van der Waals surface area contributed by atoms with Crippen LogP contribution in [-0.4, -0.2) is 58.0 Å². The van der Waals surface area contributed by atoms with E-state index in [2.05, 4.69) is 168 Å². The highest BCUT2D eigenvalue weighted by Gasteiger charge is 2.55. The SMILES string of the molecule is CC1(C)OB(c2ccc3c(c2)C(CCCBr)(CCCBr)c2cc4c(cc2-3)C(CCCBr)(CCCBr)c2cc(B3OC(C)(C)C(C)(C)O3)ccc2-4)OC1(C)C. The van der Waals surface area contributed by atoms with E-state index in [1.54, 1.807) is 0 Å². The van der Waals surface area contributed by atoms with Gasteiger partial charge >= 0.3 is 14.2 Å². The van der Waals surface area contributed by atoms with Gasteiger partial charge in [-0.15, -0.1) is 0 Å². The molecule has 7 rings (SSSR count). The first-order valence-electron chi connectivity index (χ1n) is 20.0. The van der Waals surface area contributed by atoms with E-state index in [0.29, 0.717) is 0 Å². The smallest absolute Gasteiger partial charge is 0.399 e. The Morgan fingerprint density at radius 1 is 0.407 bits per heavy atom. The fourth-order valence-electron chi connectivity index (χ4n) is 9.57. The molecule has 2 saturated heterocycles. The second-order valence-electron chi connectivity index (χ2n) is 18.1. The van der Waals surface area contributed by atoms with Crippen molar-refractivity contribution < 1.29 is 18.6 Å².